The monoisotopic (exact) mass is 898 g/mol. The number of ether oxygens (including phenoxy) is 1. The molecule has 2 aliphatic heterocycles. The Hall–Kier alpha value is -6.66. The minimum absolute atomic E-state index is 0.0232. The molecule has 26 heteroatoms. The first-order valence-electron chi connectivity index (χ1n) is 17.0. The van der Waals surface area contributed by atoms with Crippen LogP contribution >= 0.6 is 11.6 Å². The first-order valence-corrected chi connectivity index (χ1v) is 17.3. The molecule has 1 amide bonds. The fraction of sp³-hybridized carbons (Fsp3) is 0.314. The van der Waals surface area contributed by atoms with Gasteiger partial charge in [-0.2, -0.15) is 44.5 Å². The third kappa shape index (κ3) is 16.1. The minimum Gasteiger partial charge on any atom is -0.483 e. The van der Waals surface area contributed by atoms with Gasteiger partial charge in [-0.15, -0.1) is 0 Å². The zero-order valence-electron chi connectivity index (χ0n) is 31.1. The van der Waals surface area contributed by atoms with Crippen LogP contribution in [0.5, 0.6) is 5.75 Å². The van der Waals surface area contributed by atoms with Gasteiger partial charge in [0.1, 0.15) is 16.6 Å². The number of fused-ring (bicyclic) bond motifs is 6. The van der Waals surface area contributed by atoms with Crippen LogP contribution in [0.4, 0.5) is 68.5 Å². The fourth-order valence-electron chi connectivity index (χ4n) is 4.81. The summed E-state index contributed by atoms with van der Waals surface area (Å²) in [5, 5.41) is 28.2. The number of amides is 1. The molecule has 2 aliphatic rings. The van der Waals surface area contributed by atoms with Crippen molar-refractivity contribution < 1.29 is 78.7 Å². The van der Waals surface area contributed by atoms with Gasteiger partial charge in [0.15, 0.2) is 12.4 Å². The maximum absolute atomic E-state index is 13.0. The summed E-state index contributed by atoms with van der Waals surface area (Å²) in [5.41, 5.74) is 4.75. The molecule has 1 aromatic carbocycles. The number of carbonyl (C=O) groups excluding carboxylic acids is 1. The molecule has 5 N–H and O–H groups in total. The normalized spacial score (nSPS) is 13.5. The molecule has 16 nitrogen and oxygen atoms in total. The van der Waals surface area contributed by atoms with Gasteiger partial charge in [0.25, 0.3) is 5.91 Å². The van der Waals surface area contributed by atoms with Crippen LogP contribution in [0.1, 0.15) is 16.7 Å². The van der Waals surface area contributed by atoms with E-state index in [1.807, 2.05) is 54.5 Å². The Morgan fingerprint density at radius 1 is 0.738 bits per heavy atom. The maximum Gasteiger partial charge on any atom is 0.490 e. The number of aryl methyl sites for hydroxylation is 3. The molecule has 5 heterocycles. The van der Waals surface area contributed by atoms with Crippen LogP contribution in [0.2, 0.25) is 5.02 Å². The van der Waals surface area contributed by atoms with Crippen molar-refractivity contribution in [2.45, 2.75) is 38.3 Å². The Kier molecular flexibility index (Phi) is 16.8. The van der Waals surface area contributed by atoms with Crippen LogP contribution in [0.3, 0.4) is 0 Å². The lowest BCUT2D eigenvalue weighted by Crippen LogP contribution is -2.50. The summed E-state index contributed by atoms with van der Waals surface area (Å²) in [5.74, 6) is -5.78. The quantitative estimate of drug-likeness (QED) is 0.139. The second-order valence-electron chi connectivity index (χ2n) is 12.3. The molecule has 4 aromatic rings. The Labute approximate surface area is 343 Å². The SMILES string of the molecule is Cc1ccc(N2CCN(C(=O)COc3ccc4cc3CCc3cncc(c3)Nc3ncc(Cl)c(n3)N4)CC2)nc1.O=C(O)C(F)(F)F.O=C(O)C(F)(F)F.O=C(O)C(F)(F)F. The fourth-order valence-corrected chi connectivity index (χ4v) is 4.95. The zero-order valence-corrected chi connectivity index (χ0v) is 31.8. The molecule has 0 spiro atoms. The van der Waals surface area contributed by atoms with Gasteiger partial charge in [-0.25, -0.2) is 24.4 Å². The molecule has 0 saturated carbocycles. The van der Waals surface area contributed by atoms with Gasteiger partial charge >= 0.3 is 36.4 Å². The summed E-state index contributed by atoms with van der Waals surface area (Å²) in [6, 6.07) is 11.9. The molecular weight excluding hydrogens is 867 g/mol. The van der Waals surface area contributed by atoms with Gasteiger partial charge in [0.05, 0.1) is 18.1 Å². The van der Waals surface area contributed by atoms with Crippen molar-refractivity contribution in [2.24, 2.45) is 0 Å². The van der Waals surface area contributed by atoms with Crippen LogP contribution in [0.15, 0.2) is 61.2 Å². The molecular formula is C35H32ClF9N8O8. The Balaban J connectivity index is 0.000000390. The number of piperazine rings is 1. The van der Waals surface area contributed by atoms with Gasteiger partial charge in [-0.1, -0.05) is 17.7 Å². The lowest BCUT2D eigenvalue weighted by Gasteiger charge is -2.35. The first-order chi connectivity index (χ1) is 28.3. The van der Waals surface area contributed by atoms with Gasteiger partial charge in [0, 0.05) is 44.3 Å². The summed E-state index contributed by atoms with van der Waals surface area (Å²) in [6.07, 6.45) is -6.82. The number of rotatable bonds is 4. The lowest BCUT2D eigenvalue weighted by atomic mass is 10.0. The molecule has 0 unspecified atom stereocenters. The second-order valence-corrected chi connectivity index (χ2v) is 12.7. The summed E-state index contributed by atoms with van der Waals surface area (Å²) >= 11 is 6.37. The van der Waals surface area contributed by atoms with Crippen LogP contribution in [0.25, 0.3) is 0 Å². The number of carboxylic acid groups (broad SMARTS) is 3. The number of carbonyl (C=O) groups is 4. The van der Waals surface area contributed by atoms with Crippen molar-refractivity contribution >= 4 is 64.4 Å². The Bertz CT molecular complexity index is 2100. The van der Waals surface area contributed by atoms with E-state index in [1.165, 1.54) is 0 Å². The number of anilines is 5. The first kappa shape index (κ1) is 48.7. The molecule has 0 aliphatic carbocycles. The van der Waals surface area contributed by atoms with Gasteiger partial charge in [0.2, 0.25) is 5.95 Å². The predicted molar refractivity (Wildman–Crippen MR) is 196 cm³/mol. The number of hydrogen-bond donors (Lipinski definition) is 5. The van der Waals surface area contributed by atoms with E-state index in [0.717, 1.165) is 53.4 Å². The third-order valence-electron chi connectivity index (χ3n) is 7.73. The van der Waals surface area contributed by atoms with Gasteiger partial charge in [-0.3, -0.25) is 9.78 Å². The highest BCUT2D eigenvalue weighted by molar-refractivity contribution is 6.32. The maximum atomic E-state index is 13.0. The molecule has 330 valence electrons. The standard InChI is InChI=1S/C29H29ClN8O2.3C2HF3O2/c1-19-2-7-26(32-14-19)37-8-10-38(11-9-37)27(39)18-40-25-6-5-22-13-21(25)4-3-20-12-23(16-31-15-20)35-29-33-17-24(30)28(34-22)36-29;3*3-2(4,5)1(6)7/h2,5-7,12-17H,3-4,8-11,18H2,1H3,(H2,33,34,35,36);3*(H,6,7). The number of benzene rings is 1. The van der Waals surface area contributed by atoms with E-state index >= 15 is 0 Å². The number of alkyl halides is 9. The summed E-state index contributed by atoms with van der Waals surface area (Å²) < 4.78 is 101. The number of aliphatic carboxylic acids is 3. The van der Waals surface area contributed by atoms with Crippen LogP contribution in [-0.4, -0.2) is 115 Å². The average Bonchev–Trinajstić information content (AvgIpc) is 3.18. The Morgan fingerprint density at radius 2 is 1.33 bits per heavy atom. The molecule has 1 saturated heterocycles. The van der Waals surface area contributed by atoms with E-state index in [2.05, 4.69) is 41.5 Å². The van der Waals surface area contributed by atoms with E-state index in [0.29, 0.717) is 42.0 Å². The van der Waals surface area contributed by atoms with E-state index in [1.54, 1.807) is 12.4 Å². The summed E-state index contributed by atoms with van der Waals surface area (Å²) in [7, 11) is 0. The highest BCUT2D eigenvalue weighted by Crippen LogP contribution is 2.30. The minimum atomic E-state index is -5.08. The van der Waals surface area contributed by atoms with Crippen molar-refractivity contribution in [2.75, 3.05) is 48.3 Å². The second kappa shape index (κ2) is 21.0. The summed E-state index contributed by atoms with van der Waals surface area (Å²) in [4.78, 5) is 61.5. The molecule has 0 radical (unpaired) electrons. The topological polar surface area (TPSA) is 220 Å². The lowest BCUT2D eigenvalue weighted by molar-refractivity contribution is -0.193. The van der Waals surface area contributed by atoms with Crippen LogP contribution in [0, 0.1) is 6.92 Å². The number of nitrogens with one attached hydrogen (secondary N) is 2. The highest BCUT2D eigenvalue weighted by atomic mass is 35.5. The molecule has 6 rings (SSSR count). The van der Waals surface area contributed by atoms with Crippen LogP contribution < -0.4 is 20.3 Å². The Morgan fingerprint density at radius 3 is 1.87 bits per heavy atom. The number of carboxylic acids is 3. The average molecular weight is 899 g/mol. The highest BCUT2D eigenvalue weighted by Gasteiger charge is 2.39. The van der Waals surface area contributed by atoms with Crippen molar-refractivity contribution in [3.63, 3.8) is 0 Å². The number of nitrogens with zero attached hydrogens (tertiary/aromatic N) is 6. The number of pyridine rings is 2. The van der Waals surface area contributed by atoms with Crippen molar-refractivity contribution in [1.29, 1.82) is 0 Å². The van der Waals surface area contributed by atoms with Gasteiger partial charge in [-0.05, 0) is 66.8 Å². The van der Waals surface area contributed by atoms with E-state index in [4.69, 9.17) is 46.0 Å². The van der Waals surface area contributed by atoms with Crippen molar-refractivity contribution in [3.05, 3.63) is 82.9 Å². The van der Waals surface area contributed by atoms with E-state index in [-0.39, 0.29) is 12.5 Å². The molecule has 1 fully saturated rings. The van der Waals surface area contributed by atoms with Crippen LogP contribution in [-0.2, 0) is 32.0 Å². The zero-order chi connectivity index (χ0) is 45.7. The van der Waals surface area contributed by atoms with E-state index < -0.39 is 36.4 Å². The summed E-state index contributed by atoms with van der Waals surface area (Å²) in [6.45, 7) is 4.74. The molecule has 61 heavy (non-hydrogen) atoms. The molecule has 0 atom stereocenters. The largest absolute Gasteiger partial charge is 0.490 e. The van der Waals surface area contributed by atoms with Gasteiger partial charge < -0.3 is 40.5 Å². The number of hydrogen-bond acceptors (Lipinski definition) is 12. The van der Waals surface area contributed by atoms with E-state index in [9.17, 15) is 44.3 Å². The predicted octanol–water partition coefficient (Wildman–Crippen LogP) is 6.44. The smallest absolute Gasteiger partial charge is 0.483 e. The van der Waals surface area contributed by atoms with Crippen molar-refractivity contribution in [3.8, 4) is 5.75 Å². The number of aromatic nitrogens is 4. The molecule has 3 aromatic heterocycles. The number of halogens is 10. The molecule has 6 bridgehead atoms. The van der Waals surface area contributed by atoms with Crippen molar-refractivity contribution in [1.82, 2.24) is 24.8 Å². The third-order valence-corrected chi connectivity index (χ3v) is 8.01.